The van der Waals surface area contributed by atoms with Gasteiger partial charge in [0.15, 0.2) is 0 Å². The molecule has 0 saturated carbocycles. The third-order valence-electron chi connectivity index (χ3n) is 4.22. The summed E-state index contributed by atoms with van der Waals surface area (Å²) in [4.78, 5) is -0.230. The summed E-state index contributed by atoms with van der Waals surface area (Å²) in [6.07, 6.45) is -3.93. The number of nitrogens with one attached hydrogen (secondary N) is 1. The van der Waals surface area contributed by atoms with Crippen molar-refractivity contribution in [3.05, 3.63) is 59.9 Å². The molecule has 1 saturated heterocycles. The fourth-order valence-electron chi connectivity index (χ4n) is 2.95. The van der Waals surface area contributed by atoms with E-state index in [0.717, 1.165) is 30.7 Å². The van der Waals surface area contributed by atoms with Crippen LogP contribution in [0.15, 0.2) is 53.4 Å². The lowest BCUT2D eigenvalue weighted by atomic mass is 10.0. The number of sulfonamides is 1. The summed E-state index contributed by atoms with van der Waals surface area (Å²) >= 11 is 0. The first kappa shape index (κ1) is 20.6. The van der Waals surface area contributed by atoms with Crippen LogP contribution in [0.2, 0.25) is 0 Å². The van der Waals surface area contributed by atoms with E-state index in [1.807, 2.05) is 0 Å². The maximum atomic E-state index is 13.2. The Kier molecular flexibility index (Phi) is 5.92. The first-order valence-corrected chi connectivity index (χ1v) is 9.87. The molecular formula is C18H17F4NO4S. The Morgan fingerprint density at radius 1 is 1.07 bits per heavy atom. The van der Waals surface area contributed by atoms with Crippen LogP contribution >= 0.6 is 0 Å². The molecule has 1 N–H and O–H groups in total. The summed E-state index contributed by atoms with van der Waals surface area (Å²) in [5.74, 6) is -0.987. The molecule has 0 amide bonds. The first-order valence-electron chi connectivity index (χ1n) is 8.39. The molecule has 1 aliphatic rings. The molecule has 5 nitrogen and oxygen atoms in total. The molecule has 0 aromatic heterocycles. The highest BCUT2D eigenvalue weighted by molar-refractivity contribution is 7.89. The van der Waals surface area contributed by atoms with E-state index in [-0.39, 0.29) is 4.90 Å². The molecule has 1 aliphatic heterocycles. The van der Waals surface area contributed by atoms with Gasteiger partial charge in [-0.1, -0.05) is 12.1 Å². The van der Waals surface area contributed by atoms with E-state index in [2.05, 4.69) is 9.46 Å². The van der Waals surface area contributed by atoms with Crippen LogP contribution in [0.3, 0.4) is 0 Å². The number of hydrogen-bond acceptors (Lipinski definition) is 4. The van der Waals surface area contributed by atoms with Crippen molar-refractivity contribution in [2.24, 2.45) is 0 Å². The lowest BCUT2D eigenvalue weighted by Gasteiger charge is -2.24. The maximum Gasteiger partial charge on any atom is 0.573 e. The lowest BCUT2D eigenvalue weighted by molar-refractivity contribution is -0.274. The average molecular weight is 419 g/mol. The van der Waals surface area contributed by atoms with Crippen LogP contribution in [-0.2, 0) is 14.8 Å². The molecular weight excluding hydrogens is 402 g/mol. The van der Waals surface area contributed by atoms with Crippen molar-refractivity contribution in [1.29, 1.82) is 0 Å². The second-order valence-electron chi connectivity index (χ2n) is 6.22. The van der Waals surface area contributed by atoms with E-state index in [1.54, 1.807) is 0 Å². The Balaban J connectivity index is 1.83. The molecule has 1 heterocycles. The Labute approximate surface area is 159 Å². The van der Waals surface area contributed by atoms with Crippen LogP contribution in [0.5, 0.6) is 5.75 Å². The zero-order chi connectivity index (χ0) is 20.4. The molecule has 2 aromatic rings. The second-order valence-corrected chi connectivity index (χ2v) is 7.94. The maximum absolute atomic E-state index is 13.2. The van der Waals surface area contributed by atoms with Gasteiger partial charge in [-0.05, 0) is 54.8 Å². The van der Waals surface area contributed by atoms with E-state index in [0.29, 0.717) is 18.6 Å². The smallest absolute Gasteiger partial charge is 0.406 e. The van der Waals surface area contributed by atoms with Crippen molar-refractivity contribution in [3.8, 4) is 5.75 Å². The van der Waals surface area contributed by atoms with E-state index in [4.69, 9.17) is 4.74 Å². The molecule has 3 rings (SSSR count). The molecule has 0 bridgehead atoms. The third-order valence-corrected chi connectivity index (χ3v) is 5.67. The Morgan fingerprint density at radius 3 is 2.25 bits per heavy atom. The number of alkyl halides is 3. The largest absolute Gasteiger partial charge is 0.573 e. The number of halogens is 4. The fourth-order valence-corrected chi connectivity index (χ4v) is 4.20. The number of benzene rings is 2. The molecule has 28 heavy (non-hydrogen) atoms. The summed E-state index contributed by atoms with van der Waals surface area (Å²) in [6, 6.07) is 8.46. The zero-order valence-electron chi connectivity index (χ0n) is 14.4. The predicted octanol–water partition coefficient (Wildman–Crippen LogP) is 3.92. The van der Waals surface area contributed by atoms with Gasteiger partial charge in [-0.15, -0.1) is 13.2 Å². The molecule has 0 spiro atoms. The van der Waals surface area contributed by atoms with Crippen LogP contribution in [0.25, 0.3) is 0 Å². The summed E-state index contributed by atoms with van der Waals surface area (Å²) < 4.78 is 87.3. The Bertz CT molecular complexity index is 893. The van der Waals surface area contributed by atoms with Crippen LogP contribution in [-0.4, -0.2) is 27.5 Å². The van der Waals surface area contributed by atoms with E-state index < -0.39 is 40.1 Å². The van der Waals surface area contributed by atoms with Gasteiger partial charge in [0.2, 0.25) is 10.0 Å². The minimum Gasteiger partial charge on any atom is -0.406 e. The lowest BCUT2D eigenvalue weighted by Crippen LogP contribution is -2.36. The van der Waals surface area contributed by atoms with Crippen molar-refractivity contribution in [2.45, 2.75) is 36.2 Å². The van der Waals surface area contributed by atoms with Crippen LogP contribution in [0.4, 0.5) is 17.6 Å². The summed E-state index contributed by atoms with van der Waals surface area (Å²) in [7, 11) is -4.08. The highest BCUT2D eigenvalue weighted by atomic mass is 32.2. The summed E-state index contributed by atoms with van der Waals surface area (Å²) in [5.41, 5.74) is 0.522. The topological polar surface area (TPSA) is 64.6 Å². The minimum atomic E-state index is -4.87. The molecule has 1 fully saturated rings. The zero-order valence-corrected chi connectivity index (χ0v) is 15.3. The molecule has 0 unspecified atom stereocenters. The van der Waals surface area contributed by atoms with Crippen molar-refractivity contribution in [3.63, 3.8) is 0 Å². The standard InChI is InChI=1S/C18H17F4NO4S/c19-13-5-3-12(4-6-13)17(16-2-1-11-26-16)23-28(24,25)15-9-7-14(8-10-15)27-18(20,21)22/h3-10,16-17,23H,1-2,11H2/t16-,17-/m1/s1. The molecule has 152 valence electrons. The molecule has 10 heteroatoms. The fraction of sp³-hybridized carbons (Fsp3) is 0.333. The van der Waals surface area contributed by atoms with E-state index in [9.17, 15) is 26.0 Å². The van der Waals surface area contributed by atoms with Crippen molar-refractivity contribution in [1.82, 2.24) is 4.72 Å². The van der Waals surface area contributed by atoms with Gasteiger partial charge in [0.05, 0.1) is 17.0 Å². The van der Waals surface area contributed by atoms with Crippen molar-refractivity contribution in [2.75, 3.05) is 6.61 Å². The quantitative estimate of drug-likeness (QED) is 0.721. The van der Waals surface area contributed by atoms with Gasteiger partial charge in [-0.25, -0.2) is 17.5 Å². The van der Waals surface area contributed by atoms with Crippen LogP contribution in [0, 0.1) is 5.82 Å². The normalized spacial score (nSPS) is 18.8. The van der Waals surface area contributed by atoms with Gasteiger partial charge >= 0.3 is 6.36 Å². The van der Waals surface area contributed by atoms with Gasteiger partial charge in [0, 0.05) is 6.61 Å². The number of hydrogen-bond donors (Lipinski definition) is 1. The molecule has 0 aliphatic carbocycles. The Hall–Kier alpha value is -2.17. The third kappa shape index (κ3) is 5.21. The SMILES string of the molecule is O=S(=O)(N[C@H](c1ccc(F)cc1)[C@H]1CCCO1)c1ccc(OC(F)(F)F)cc1. The monoisotopic (exact) mass is 419 g/mol. The van der Waals surface area contributed by atoms with Crippen molar-refractivity contribution >= 4 is 10.0 Å². The minimum absolute atomic E-state index is 0.230. The number of ether oxygens (including phenoxy) is 2. The van der Waals surface area contributed by atoms with Gasteiger partial charge in [-0.3, -0.25) is 0 Å². The van der Waals surface area contributed by atoms with Crippen LogP contribution < -0.4 is 9.46 Å². The van der Waals surface area contributed by atoms with Gasteiger partial charge in [0.25, 0.3) is 0 Å². The van der Waals surface area contributed by atoms with Gasteiger partial charge in [-0.2, -0.15) is 0 Å². The van der Waals surface area contributed by atoms with E-state index in [1.165, 1.54) is 24.3 Å². The average Bonchev–Trinajstić information content (AvgIpc) is 3.14. The second kappa shape index (κ2) is 8.06. The number of rotatable bonds is 6. The molecule has 0 radical (unpaired) electrons. The van der Waals surface area contributed by atoms with Crippen molar-refractivity contribution < 1.29 is 35.5 Å². The highest BCUT2D eigenvalue weighted by Gasteiger charge is 2.33. The van der Waals surface area contributed by atoms with Gasteiger partial charge < -0.3 is 9.47 Å². The molecule has 2 atom stereocenters. The predicted molar refractivity (Wildman–Crippen MR) is 91.6 cm³/mol. The first-order chi connectivity index (χ1) is 13.1. The highest BCUT2D eigenvalue weighted by Crippen LogP contribution is 2.30. The van der Waals surface area contributed by atoms with E-state index >= 15 is 0 Å². The summed E-state index contributed by atoms with van der Waals surface area (Å²) in [5, 5.41) is 0. The summed E-state index contributed by atoms with van der Waals surface area (Å²) in [6.45, 7) is 0.480. The molecule has 2 aromatic carbocycles. The van der Waals surface area contributed by atoms with Gasteiger partial charge in [0.1, 0.15) is 11.6 Å². The Morgan fingerprint density at radius 2 is 1.71 bits per heavy atom. The van der Waals surface area contributed by atoms with Crippen LogP contribution in [0.1, 0.15) is 24.4 Å².